The largest absolute Gasteiger partial charge is 0.485 e. The number of aliphatic hydroxyl groups excluding tert-OH is 1. The quantitative estimate of drug-likeness (QED) is 0.847. The van der Waals surface area contributed by atoms with E-state index in [0.29, 0.717) is 16.7 Å². The predicted molar refractivity (Wildman–Crippen MR) is 63.2 cm³/mol. The fraction of sp³-hybridized carbons (Fsp3) is 0.250. The maximum Gasteiger partial charge on any atom is 0.246 e. The number of hydrogen-bond donors (Lipinski definition) is 1. The number of para-hydroxylation sites is 1. The molecular weight excluding hydrogens is 242 g/mol. The second-order valence-corrected chi connectivity index (χ2v) is 3.80. The predicted octanol–water partition coefficient (Wildman–Crippen LogP) is 2.28. The van der Waals surface area contributed by atoms with Gasteiger partial charge < -0.3 is 14.3 Å². The Kier molecular flexibility index (Phi) is 3.52. The van der Waals surface area contributed by atoms with Crippen LogP contribution in [0.5, 0.6) is 5.75 Å². The van der Waals surface area contributed by atoms with Crippen LogP contribution in [0.3, 0.4) is 0 Å². The third-order valence-electron chi connectivity index (χ3n) is 2.25. The van der Waals surface area contributed by atoms with Gasteiger partial charge in [-0.1, -0.05) is 12.1 Å². The minimum absolute atomic E-state index is 0.0295. The summed E-state index contributed by atoms with van der Waals surface area (Å²) in [7, 11) is 0. The summed E-state index contributed by atoms with van der Waals surface area (Å²) in [5.41, 5.74) is 0.583. The molecule has 1 heterocycles. The highest BCUT2D eigenvalue weighted by Gasteiger charge is 2.16. The molecule has 1 unspecified atom stereocenters. The molecular formula is C12H10ClNO3. The van der Waals surface area contributed by atoms with Crippen LogP contribution in [0.25, 0.3) is 11.0 Å². The van der Waals surface area contributed by atoms with Crippen LogP contribution in [0.2, 0.25) is 0 Å². The van der Waals surface area contributed by atoms with Gasteiger partial charge in [0, 0.05) is 0 Å². The third-order valence-corrected chi connectivity index (χ3v) is 2.61. The van der Waals surface area contributed by atoms with E-state index in [4.69, 9.17) is 26.0 Å². The first kappa shape index (κ1) is 11.8. The van der Waals surface area contributed by atoms with Crippen LogP contribution < -0.4 is 4.74 Å². The minimum atomic E-state index is -0.767. The van der Waals surface area contributed by atoms with E-state index in [2.05, 4.69) is 0 Å². The van der Waals surface area contributed by atoms with E-state index < -0.39 is 6.10 Å². The number of rotatable bonds is 4. The van der Waals surface area contributed by atoms with Crippen molar-refractivity contribution in [1.82, 2.24) is 0 Å². The minimum Gasteiger partial charge on any atom is -0.485 e. The second kappa shape index (κ2) is 5.09. The highest BCUT2D eigenvalue weighted by atomic mass is 35.5. The first-order chi connectivity index (χ1) is 8.26. The molecule has 1 aromatic carbocycles. The lowest BCUT2D eigenvalue weighted by Crippen LogP contribution is -2.18. The van der Waals surface area contributed by atoms with Crippen molar-refractivity contribution in [1.29, 1.82) is 5.26 Å². The van der Waals surface area contributed by atoms with Gasteiger partial charge in [-0.25, -0.2) is 0 Å². The van der Waals surface area contributed by atoms with Gasteiger partial charge in [-0.3, -0.25) is 0 Å². The van der Waals surface area contributed by atoms with Gasteiger partial charge in [-0.2, -0.15) is 5.26 Å². The van der Waals surface area contributed by atoms with Crippen molar-refractivity contribution in [3.63, 3.8) is 0 Å². The fourth-order valence-corrected chi connectivity index (χ4v) is 1.55. The van der Waals surface area contributed by atoms with Crippen molar-refractivity contribution in [2.75, 3.05) is 12.5 Å². The SMILES string of the molecule is N#Cc1oc2ccccc2c1OCC(O)CCl. The number of fused-ring (bicyclic) bond motifs is 1. The Balaban J connectivity index is 2.34. The molecule has 2 aromatic rings. The van der Waals surface area contributed by atoms with E-state index >= 15 is 0 Å². The zero-order valence-electron chi connectivity index (χ0n) is 8.89. The van der Waals surface area contributed by atoms with Gasteiger partial charge in [0.15, 0.2) is 5.75 Å². The maximum absolute atomic E-state index is 9.32. The van der Waals surface area contributed by atoms with Gasteiger partial charge in [0.1, 0.15) is 24.4 Å². The number of benzene rings is 1. The molecule has 0 fully saturated rings. The van der Waals surface area contributed by atoms with Crippen molar-refractivity contribution in [3.8, 4) is 11.8 Å². The molecule has 2 rings (SSSR count). The summed E-state index contributed by atoms with van der Waals surface area (Å²) in [6.07, 6.45) is -0.767. The standard InChI is InChI=1S/C12H10ClNO3/c13-5-8(15)7-16-12-9-3-1-2-4-10(9)17-11(12)6-14/h1-4,8,15H,5,7H2. The Morgan fingerprint density at radius 3 is 2.94 bits per heavy atom. The van der Waals surface area contributed by atoms with E-state index in [-0.39, 0.29) is 18.2 Å². The van der Waals surface area contributed by atoms with Crippen molar-refractivity contribution in [3.05, 3.63) is 30.0 Å². The van der Waals surface area contributed by atoms with E-state index in [1.54, 1.807) is 12.1 Å². The van der Waals surface area contributed by atoms with Crippen LogP contribution in [0.4, 0.5) is 0 Å². The van der Waals surface area contributed by atoms with E-state index in [0.717, 1.165) is 0 Å². The second-order valence-electron chi connectivity index (χ2n) is 3.49. The Bertz CT molecular complexity index is 558. The molecule has 0 saturated carbocycles. The van der Waals surface area contributed by atoms with E-state index in [1.165, 1.54) is 0 Å². The molecule has 1 atom stereocenters. The third kappa shape index (κ3) is 2.36. The summed E-state index contributed by atoms with van der Waals surface area (Å²) in [6, 6.07) is 9.10. The Labute approximate surface area is 103 Å². The summed E-state index contributed by atoms with van der Waals surface area (Å²) < 4.78 is 10.7. The summed E-state index contributed by atoms with van der Waals surface area (Å²) in [5, 5.41) is 19.0. The molecule has 88 valence electrons. The summed E-state index contributed by atoms with van der Waals surface area (Å²) in [6.45, 7) is 0.0295. The number of ether oxygens (including phenoxy) is 1. The summed E-state index contributed by atoms with van der Waals surface area (Å²) >= 11 is 5.47. The molecule has 0 aliphatic rings. The highest BCUT2D eigenvalue weighted by molar-refractivity contribution is 6.18. The summed E-state index contributed by atoms with van der Waals surface area (Å²) in [4.78, 5) is 0. The number of nitrogens with zero attached hydrogens (tertiary/aromatic N) is 1. The number of hydrogen-bond acceptors (Lipinski definition) is 4. The van der Waals surface area contributed by atoms with Crippen molar-refractivity contribution >= 4 is 22.6 Å². The number of halogens is 1. The van der Waals surface area contributed by atoms with Crippen molar-refractivity contribution in [2.45, 2.75) is 6.10 Å². The summed E-state index contributed by atoms with van der Waals surface area (Å²) in [5.74, 6) is 0.540. The number of furan rings is 1. The molecule has 0 aliphatic carbocycles. The Morgan fingerprint density at radius 2 is 2.24 bits per heavy atom. The Morgan fingerprint density at radius 1 is 1.47 bits per heavy atom. The van der Waals surface area contributed by atoms with Crippen LogP contribution in [-0.4, -0.2) is 23.7 Å². The molecule has 1 N–H and O–H groups in total. The van der Waals surface area contributed by atoms with Gasteiger partial charge in [0.25, 0.3) is 0 Å². The monoisotopic (exact) mass is 251 g/mol. The number of nitriles is 1. The van der Waals surface area contributed by atoms with Gasteiger partial charge >= 0.3 is 0 Å². The molecule has 0 bridgehead atoms. The molecule has 0 spiro atoms. The molecule has 0 radical (unpaired) electrons. The molecule has 1 aromatic heterocycles. The molecule has 4 nitrogen and oxygen atoms in total. The van der Waals surface area contributed by atoms with E-state index in [9.17, 15) is 5.11 Å². The first-order valence-electron chi connectivity index (χ1n) is 5.04. The van der Waals surface area contributed by atoms with Gasteiger partial charge in [0.05, 0.1) is 11.3 Å². The van der Waals surface area contributed by atoms with Crippen LogP contribution in [0.1, 0.15) is 5.76 Å². The molecule has 0 saturated heterocycles. The van der Waals surface area contributed by atoms with Gasteiger partial charge in [0.2, 0.25) is 5.76 Å². The lowest BCUT2D eigenvalue weighted by Gasteiger charge is -2.08. The maximum atomic E-state index is 9.32. The van der Waals surface area contributed by atoms with Crippen LogP contribution in [0.15, 0.2) is 28.7 Å². The molecule has 0 amide bonds. The number of alkyl halides is 1. The average Bonchev–Trinajstić information content (AvgIpc) is 2.73. The molecule has 17 heavy (non-hydrogen) atoms. The van der Waals surface area contributed by atoms with Crippen molar-refractivity contribution < 1.29 is 14.3 Å². The molecule has 5 heteroatoms. The van der Waals surface area contributed by atoms with E-state index in [1.807, 2.05) is 18.2 Å². The normalized spacial score (nSPS) is 12.3. The lowest BCUT2D eigenvalue weighted by molar-refractivity contribution is 0.125. The fourth-order valence-electron chi connectivity index (χ4n) is 1.46. The number of aliphatic hydroxyl groups is 1. The van der Waals surface area contributed by atoms with Crippen molar-refractivity contribution in [2.24, 2.45) is 0 Å². The lowest BCUT2D eigenvalue weighted by atomic mass is 10.2. The van der Waals surface area contributed by atoms with Gasteiger partial charge in [-0.15, -0.1) is 11.6 Å². The zero-order valence-corrected chi connectivity index (χ0v) is 9.65. The zero-order chi connectivity index (χ0) is 12.3. The Hall–Kier alpha value is -1.70. The van der Waals surface area contributed by atoms with Crippen LogP contribution in [-0.2, 0) is 0 Å². The van der Waals surface area contributed by atoms with Crippen LogP contribution >= 0.6 is 11.6 Å². The average molecular weight is 252 g/mol. The van der Waals surface area contributed by atoms with Crippen LogP contribution in [0, 0.1) is 11.3 Å². The molecule has 0 aliphatic heterocycles. The van der Waals surface area contributed by atoms with Gasteiger partial charge in [-0.05, 0) is 12.1 Å². The first-order valence-corrected chi connectivity index (χ1v) is 5.58. The topological polar surface area (TPSA) is 66.4 Å². The smallest absolute Gasteiger partial charge is 0.246 e. The highest BCUT2D eigenvalue weighted by Crippen LogP contribution is 2.32.